The molecule has 156 valence electrons. The minimum atomic E-state index is -0.629. The molecule has 2 aromatic rings. The normalized spacial score (nSPS) is 22.2. The Morgan fingerprint density at radius 3 is 2.50 bits per heavy atom. The maximum atomic E-state index is 14.0. The van der Waals surface area contributed by atoms with Gasteiger partial charge in [-0.05, 0) is 42.2 Å². The summed E-state index contributed by atoms with van der Waals surface area (Å²) >= 11 is 6.01. The van der Waals surface area contributed by atoms with Gasteiger partial charge in [-0.25, -0.2) is 4.39 Å². The van der Waals surface area contributed by atoms with E-state index in [0.717, 1.165) is 23.5 Å². The Bertz CT molecular complexity index is 1000. The van der Waals surface area contributed by atoms with Gasteiger partial charge in [0.2, 0.25) is 12.7 Å². The van der Waals surface area contributed by atoms with Gasteiger partial charge in [-0.15, -0.1) is 0 Å². The van der Waals surface area contributed by atoms with Gasteiger partial charge in [0.1, 0.15) is 5.82 Å². The first-order chi connectivity index (χ1) is 14.5. The number of fused-ring (bicyclic) bond motifs is 1. The molecule has 8 heteroatoms. The van der Waals surface area contributed by atoms with E-state index >= 15 is 0 Å². The van der Waals surface area contributed by atoms with E-state index in [1.807, 2.05) is 18.2 Å². The van der Waals surface area contributed by atoms with Crippen LogP contribution in [0, 0.1) is 11.7 Å². The van der Waals surface area contributed by atoms with E-state index in [0.29, 0.717) is 26.2 Å². The standard InChI is InChI=1S/C22H20ClFN2O4/c23-16-2-1-3-17(24)20(16)22(28)26-8-6-25(7-9-26)21(27)15-11-14(15)13-4-5-18-19(10-13)30-12-29-18/h1-5,10,14-15H,6-9,11-12H2. The van der Waals surface area contributed by atoms with Gasteiger partial charge < -0.3 is 19.3 Å². The highest BCUT2D eigenvalue weighted by atomic mass is 35.5. The molecule has 2 atom stereocenters. The van der Waals surface area contributed by atoms with E-state index in [9.17, 15) is 14.0 Å². The zero-order valence-corrected chi connectivity index (χ0v) is 16.9. The molecule has 0 N–H and O–H groups in total. The van der Waals surface area contributed by atoms with E-state index in [-0.39, 0.29) is 35.1 Å². The molecule has 2 aromatic carbocycles. The summed E-state index contributed by atoms with van der Waals surface area (Å²) in [6, 6.07) is 10.0. The van der Waals surface area contributed by atoms with Gasteiger partial charge in [-0.2, -0.15) is 0 Å². The van der Waals surface area contributed by atoms with Gasteiger partial charge in [-0.1, -0.05) is 23.7 Å². The summed E-state index contributed by atoms with van der Waals surface area (Å²) in [5, 5.41) is 0.100. The van der Waals surface area contributed by atoms with Crippen molar-refractivity contribution in [2.24, 2.45) is 5.92 Å². The van der Waals surface area contributed by atoms with Crippen molar-refractivity contribution >= 4 is 23.4 Å². The Hall–Kier alpha value is -2.80. The summed E-state index contributed by atoms with van der Waals surface area (Å²) in [6.45, 7) is 1.81. The molecule has 30 heavy (non-hydrogen) atoms. The van der Waals surface area contributed by atoms with E-state index in [2.05, 4.69) is 0 Å². The van der Waals surface area contributed by atoms with Crippen LogP contribution in [0.4, 0.5) is 4.39 Å². The van der Waals surface area contributed by atoms with Crippen molar-refractivity contribution in [3.8, 4) is 11.5 Å². The fourth-order valence-electron chi connectivity index (χ4n) is 4.20. The second-order valence-corrected chi connectivity index (χ2v) is 8.18. The number of nitrogens with zero attached hydrogens (tertiary/aromatic N) is 2. The summed E-state index contributed by atoms with van der Waals surface area (Å²) < 4.78 is 24.8. The van der Waals surface area contributed by atoms with Crippen LogP contribution >= 0.6 is 11.6 Å². The Morgan fingerprint density at radius 2 is 1.73 bits per heavy atom. The van der Waals surface area contributed by atoms with Crippen molar-refractivity contribution < 1.29 is 23.5 Å². The molecule has 2 heterocycles. The number of halogens is 2. The van der Waals surface area contributed by atoms with Crippen LogP contribution in [0.1, 0.15) is 28.3 Å². The average Bonchev–Trinajstić information content (AvgIpc) is 3.42. The molecule has 1 saturated heterocycles. The van der Waals surface area contributed by atoms with Gasteiger partial charge in [-0.3, -0.25) is 9.59 Å². The molecule has 0 spiro atoms. The smallest absolute Gasteiger partial charge is 0.258 e. The molecule has 3 aliphatic rings. The zero-order valence-electron chi connectivity index (χ0n) is 16.1. The Kier molecular flexibility index (Phi) is 4.77. The highest BCUT2D eigenvalue weighted by Gasteiger charge is 2.46. The molecule has 1 saturated carbocycles. The quantitative estimate of drug-likeness (QED) is 0.749. The average molecular weight is 431 g/mol. The first-order valence-corrected chi connectivity index (χ1v) is 10.3. The number of piperazine rings is 1. The number of carbonyl (C=O) groups is 2. The third-order valence-electron chi connectivity index (χ3n) is 5.99. The largest absolute Gasteiger partial charge is 0.454 e. The minimum Gasteiger partial charge on any atom is -0.454 e. The van der Waals surface area contributed by atoms with Crippen molar-refractivity contribution in [3.63, 3.8) is 0 Å². The molecule has 6 nitrogen and oxygen atoms in total. The number of amides is 2. The molecule has 1 aliphatic carbocycles. The molecule has 2 amide bonds. The lowest BCUT2D eigenvalue weighted by atomic mass is 10.1. The Morgan fingerprint density at radius 1 is 1.00 bits per heavy atom. The van der Waals surface area contributed by atoms with Crippen LogP contribution in [0.15, 0.2) is 36.4 Å². The number of hydrogen-bond donors (Lipinski definition) is 0. The van der Waals surface area contributed by atoms with Crippen LogP contribution in [0.3, 0.4) is 0 Å². The lowest BCUT2D eigenvalue weighted by Gasteiger charge is -2.35. The molecule has 2 fully saturated rings. The third-order valence-corrected chi connectivity index (χ3v) is 6.30. The lowest BCUT2D eigenvalue weighted by Crippen LogP contribution is -2.51. The number of ether oxygens (including phenoxy) is 2. The topological polar surface area (TPSA) is 59.1 Å². The van der Waals surface area contributed by atoms with Gasteiger partial charge in [0.15, 0.2) is 11.5 Å². The second-order valence-electron chi connectivity index (χ2n) is 7.78. The first kappa shape index (κ1) is 19.2. The molecule has 2 aliphatic heterocycles. The van der Waals surface area contributed by atoms with E-state index in [1.165, 1.54) is 18.2 Å². The Balaban J connectivity index is 1.19. The second kappa shape index (κ2) is 7.47. The Labute approximate surface area is 178 Å². The molecule has 5 rings (SSSR count). The predicted octanol–water partition coefficient (Wildman–Crippen LogP) is 3.30. The van der Waals surface area contributed by atoms with Crippen molar-refractivity contribution in [1.29, 1.82) is 0 Å². The summed E-state index contributed by atoms with van der Waals surface area (Å²) in [5.41, 5.74) is 0.976. The number of hydrogen-bond acceptors (Lipinski definition) is 4. The first-order valence-electron chi connectivity index (χ1n) is 9.94. The van der Waals surface area contributed by atoms with E-state index < -0.39 is 11.7 Å². The summed E-state index contributed by atoms with van der Waals surface area (Å²) in [5.74, 6) is 0.638. The van der Waals surface area contributed by atoms with E-state index in [1.54, 1.807) is 9.80 Å². The molecule has 0 bridgehead atoms. The monoisotopic (exact) mass is 430 g/mol. The van der Waals surface area contributed by atoms with Gasteiger partial charge in [0, 0.05) is 32.1 Å². The number of carbonyl (C=O) groups excluding carboxylic acids is 2. The number of rotatable bonds is 3. The van der Waals surface area contributed by atoms with Crippen LogP contribution in [0.2, 0.25) is 5.02 Å². The van der Waals surface area contributed by atoms with Crippen molar-refractivity contribution in [1.82, 2.24) is 9.80 Å². The predicted molar refractivity (Wildman–Crippen MR) is 107 cm³/mol. The van der Waals surface area contributed by atoms with Gasteiger partial charge >= 0.3 is 0 Å². The van der Waals surface area contributed by atoms with Crippen molar-refractivity contribution in [3.05, 3.63) is 58.4 Å². The van der Waals surface area contributed by atoms with Crippen molar-refractivity contribution in [2.45, 2.75) is 12.3 Å². The molecule has 0 aromatic heterocycles. The van der Waals surface area contributed by atoms with Gasteiger partial charge in [0.25, 0.3) is 5.91 Å². The maximum absolute atomic E-state index is 14.0. The zero-order chi connectivity index (χ0) is 20.8. The maximum Gasteiger partial charge on any atom is 0.258 e. The third kappa shape index (κ3) is 3.37. The molecular formula is C22H20ClFN2O4. The minimum absolute atomic E-state index is 0.0476. The molecule has 0 radical (unpaired) electrons. The van der Waals surface area contributed by atoms with Crippen LogP contribution in [0.25, 0.3) is 0 Å². The summed E-state index contributed by atoms with van der Waals surface area (Å²) in [7, 11) is 0. The summed E-state index contributed by atoms with van der Waals surface area (Å²) in [6.07, 6.45) is 0.808. The fourth-order valence-corrected chi connectivity index (χ4v) is 4.45. The number of benzene rings is 2. The molecule has 2 unspecified atom stereocenters. The van der Waals surface area contributed by atoms with Crippen LogP contribution in [0.5, 0.6) is 11.5 Å². The van der Waals surface area contributed by atoms with Crippen LogP contribution in [-0.2, 0) is 4.79 Å². The SMILES string of the molecule is O=C(c1c(F)cccc1Cl)N1CCN(C(=O)C2CC2c2ccc3c(c2)OCO3)CC1. The van der Waals surface area contributed by atoms with Gasteiger partial charge in [0.05, 0.1) is 10.6 Å². The fraction of sp³-hybridized carbons (Fsp3) is 0.364. The molecular weight excluding hydrogens is 411 g/mol. The van der Waals surface area contributed by atoms with Crippen LogP contribution < -0.4 is 9.47 Å². The highest BCUT2D eigenvalue weighted by Crippen LogP contribution is 2.50. The highest BCUT2D eigenvalue weighted by molar-refractivity contribution is 6.33. The van der Waals surface area contributed by atoms with Crippen molar-refractivity contribution in [2.75, 3.05) is 33.0 Å². The summed E-state index contributed by atoms with van der Waals surface area (Å²) in [4.78, 5) is 28.9. The lowest BCUT2D eigenvalue weighted by molar-refractivity contribution is -0.134. The van der Waals surface area contributed by atoms with Crippen LogP contribution in [-0.4, -0.2) is 54.6 Å². The van der Waals surface area contributed by atoms with E-state index in [4.69, 9.17) is 21.1 Å².